The van der Waals surface area contributed by atoms with Crippen LogP contribution in [0.5, 0.6) is 0 Å². The zero-order valence-electron chi connectivity index (χ0n) is 12.3. The number of nitrogens with two attached hydrogens (primary N) is 1. The van der Waals surface area contributed by atoms with Gasteiger partial charge in [0.2, 0.25) is 0 Å². The van der Waals surface area contributed by atoms with Crippen LogP contribution >= 0.6 is 11.8 Å². The van der Waals surface area contributed by atoms with Crippen molar-refractivity contribution in [2.24, 2.45) is 11.7 Å². The highest BCUT2D eigenvalue weighted by Crippen LogP contribution is 2.33. The summed E-state index contributed by atoms with van der Waals surface area (Å²) < 4.78 is 0. The predicted octanol–water partition coefficient (Wildman–Crippen LogP) is 3.05. The van der Waals surface area contributed by atoms with Gasteiger partial charge in [-0.25, -0.2) is 0 Å². The van der Waals surface area contributed by atoms with Gasteiger partial charge in [-0.1, -0.05) is 31.9 Å². The maximum absolute atomic E-state index is 12.6. The second-order valence-corrected chi connectivity index (χ2v) is 6.51. The van der Waals surface area contributed by atoms with E-state index in [9.17, 15) is 4.79 Å². The van der Waals surface area contributed by atoms with Gasteiger partial charge in [-0.2, -0.15) is 0 Å². The van der Waals surface area contributed by atoms with Gasteiger partial charge in [0.25, 0.3) is 5.91 Å². The average Bonchev–Trinajstić information content (AvgIpc) is 2.49. The molecule has 1 aliphatic rings. The Morgan fingerprint density at radius 1 is 1.45 bits per heavy atom. The van der Waals surface area contributed by atoms with Crippen molar-refractivity contribution in [3.8, 4) is 0 Å². The molecular formula is C16H24N2OS. The lowest BCUT2D eigenvalue weighted by Gasteiger charge is -2.42. The molecular weight excluding hydrogens is 268 g/mol. The number of hydrogen-bond acceptors (Lipinski definition) is 3. The molecule has 0 heterocycles. The van der Waals surface area contributed by atoms with Crippen LogP contribution in [0, 0.1) is 5.92 Å². The first-order chi connectivity index (χ1) is 9.63. The lowest BCUT2D eigenvalue weighted by molar-refractivity contribution is 0.0810. The van der Waals surface area contributed by atoms with Gasteiger partial charge in [0, 0.05) is 11.4 Å². The summed E-state index contributed by atoms with van der Waals surface area (Å²) in [5.41, 5.74) is 6.53. The van der Waals surface area contributed by atoms with Gasteiger partial charge < -0.3 is 11.1 Å². The third-order valence-electron chi connectivity index (χ3n) is 4.53. The number of carbonyl (C=O) groups excluding carboxylic acids is 1. The van der Waals surface area contributed by atoms with E-state index in [1.54, 1.807) is 11.8 Å². The third kappa shape index (κ3) is 3.01. The Hall–Kier alpha value is -1.00. The zero-order valence-corrected chi connectivity index (χ0v) is 13.1. The van der Waals surface area contributed by atoms with Gasteiger partial charge in [0.1, 0.15) is 0 Å². The summed E-state index contributed by atoms with van der Waals surface area (Å²) in [6, 6.07) is 7.75. The minimum atomic E-state index is -0.235. The third-order valence-corrected chi connectivity index (χ3v) is 5.33. The van der Waals surface area contributed by atoms with E-state index in [4.69, 9.17) is 5.73 Å². The summed E-state index contributed by atoms with van der Waals surface area (Å²) in [6.07, 6.45) is 6.50. The second kappa shape index (κ2) is 6.64. The van der Waals surface area contributed by atoms with Gasteiger partial charge in [-0.15, -0.1) is 11.8 Å². The first-order valence-corrected chi connectivity index (χ1v) is 8.51. The minimum absolute atomic E-state index is 0.00847. The summed E-state index contributed by atoms with van der Waals surface area (Å²) in [5.74, 6) is 0.445. The first-order valence-electron chi connectivity index (χ1n) is 7.28. The minimum Gasteiger partial charge on any atom is -0.345 e. The molecule has 20 heavy (non-hydrogen) atoms. The number of hydrogen-bond donors (Lipinski definition) is 2. The zero-order chi connectivity index (χ0) is 14.6. The Morgan fingerprint density at radius 2 is 2.20 bits per heavy atom. The van der Waals surface area contributed by atoms with E-state index in [2.05, 4.69) is 12.2 Å². The molecule has 0 saturated heterocycles. The Bertz CT molecular complexity index is 477. The lowest BCUT2D eigenvalue weighted by atomic mass is 9.73. The molecule has 2 atom stereocenters. The molecule has 0 bridgehead atoms. The molecule has 0 spiro atoms. The number of rotatable bonds is 4. The van der Waals surface area contributed by atoms with Crippen molar-refractivity contribution in [2.75, 3.05) is 12.8 Å². The summed E-state index contributed by atoms with van der Waals surface area (Å²) >= 11 is 1.60. The van der Waals surface area contributed by atoms with Crippen LogP contribution in [-0.4, -0.2) is 24.2 Å². The van der Waals surface area contributed by atoms with E-state index in [1.807, 2.05) is 30.5 Å². The largest absolute Gasteiger partial charge is 0.345 e. The van der Waals surface area contributed by atoms with Gasteiger partial charge >= 0.3 is 0 Å². The Balaban J connectivity index is 2.21. The maximum atomic E-state index is 12.6. The van der Waals surface area contributed by atoms with Crippen molar-refractivity contribution in [2.45, 2.75) is 43.0 Å². The maximum Gasteiger partial charge on any atom is 0.252 e. The molecule has 0 radical (unpaired) electrons. The van der Waals surface area contributed by atoms with Crippen LogP contribution in [0.3, 0.4) is 0 Å². The SMILES string of the molecule is CSc1ccccc1C(=O)NC1(CN)CCCCC1C. The lowest BCUT2D eigenvalue weighted by Crippen LogP contribution is -2.59. The van der Waals surface area contributed by atoms with Crippen LogP contribution < -0.4 is 11.1 Å². The van der Waals surface area contributed by atoms with E-state index in [1.165, 1.54) is 6.42 Å². The van der Waals surface area contributed by atoms with E-state index in [0.29, 0.717) is 12.5 Å². The van der Waals surface area contributed by atoms with Crippen molar-refractivity contribution in [3.63, 3.8) is 0 Å². The molecule has 2 rings (SSSR count). The van der Waals surface area contributed by atoms with E-state index in [0.717, 1.165) is 29.7 Å². The van der Waals surface area contributed by atoms with E-state index >= 15 is 0 Å². The molecule has 4 heteroatoms. The number of nitrogens with one attached hydrogen (secondary N) is 1. The van der Waals surface area contributed by atoms with Gasteiger partial charge in [-0.05, 0) is 37.1 Å². The molecule has 1 aromatic carbocycles. The molecule has 3 nitrogen and oxygen atoms in total. The van der Waals surface area contributed by atoms with Crippen molar-refractivity contribution in [1.82, 2.24) is 5.32 Å². The van der Waals surface area contributed by atoms with Crippen LogP contribution in [-0.2, 0) is 0 Å². The molecule has 3 N–H and O–H groups in total. The van der Waals surface area contributed by atoms with Gasteiger partial charge in [-0.3, -0.25) is 4.79 Å². The number of thioether (sulfide) groups is 1. The topological polar surface area (TPSA) is 55.1 Å². The monoisotopic (exact) mass is 292 g/mol. The fourth-order valence-electron chi connectivity index (χ4n) is 3.08. The molecule has 1 aromatic rings. The van der Waals surface area contributed by atoms with E-state index in [-0.39, 0.29) is 11.4 Å². The normalized spacial score (nSPS) is 26.2. The summed E-state index contributed by atoms with van der Waals surface area (Å²) in [7, 11) is 0. The Kier molecular flexibility index (Phi) is 5.11. The van der Waals surface area contributed by atoms with Crippen molar-refractivity contribution in [3.05, 3.63) is 29.8 Å². The first kappa shape index (κ1) is 15.4. The molecule has 1 amide bonds. The predicted molar refractivity (Wildman–Crippen MR) is 85.1 cm³/mol. The van der Waals surface area contributed by atoms with Crippen LogP contribution in [0.1, 0.15) is 43.0 Å². The Morgan fingerprint density at radius 3 is 2.85 bits per heavy atom. The quantitative estimate of drug-likeness (QED) is 0.839. The van der Waals surface area contributed by atoms with Crippen molar-refractivity contribution in [1.29, 1.82) is 0 Å². The molecule has 110 valence electrons. The highest BCUT2D eigenvalue weighted by atomic mass is 32.2. The van der Waals surface area contributed by atoms with E-state index < -0.39 is 0 Å². The van der Waals surface area contributed by atoms with Crippen LogP contribution in [0.25, 0.3) is 0 Å². The fraction of sp³-hybridized carbons (Fsp3) is 0.562. The highest BCUT2D eigenvalue weighted by Gasteiger charge is 2.38. The number of carbonyl (C=O) groups is 1. The highest BCUT2D eigenvalue weighted by molar-refractivity contribution is 7.98. The fourth-order valence-corrected chi connectivity index (χ4v) is 3.67. The summed E-state index contributed by atoms with van der Waals surface area (Å²) in [4.78, 5) is 13.6. The molecule has 0 aliphatic heterocycles. The average molecular weight is 292 g/mol. The second-order valence-electron chi connectivity index (χ2n) is 5.66. The molecule has 1 saturated carbocycles. The van der Waals surface area contributed by atoms with Crippen LogP contribution in [0.2, 0.25) is 0 Å². The number of benzene rings is 1. The van der Waals surface area contributed by atoms with Crippen molar-refractivity contribution >= 4 is 17.7 Å². The molecule has 2 unspecified atom stereocenters. The summed E-state index contributed by atoms with van der Waals surface area (Å²) in [5, 5.41) is 3.25. The van der Waals surface area contributed by atoms with Gasteiger partial charge in [0.05, 0.1) is 11.1 Å². The van der Waals surface area contributed by atoms with Gasteiger partial charge in [0.15, 0.2) is 0 Å². The number of amides is 1. The molecule has 1 fully saturated rings. The summed E-state index contributed by atoms with van der Waals surface area (Å²) in [6.45, 7) is 2.72. The van der Waals surface area contributed by atoms with Crippen molar-refractivity contribution < 1.29 is 4.79 Å². The molecule has 1 aliphatic carbocycles. The standard InChI is InChI=1S/C16H24N2OS/c1-12-7-5-6-10-16(12,11-17)18-15(19)13-8-3-4-9-14(13)20-2/h3-4,8-9,12H,5-7,10-11,17H2,1-2H3,(H,18,19). The Labute approximate surface area is 125 Å². The smallest absolute Gasteiger partial charge is 0.252 e. The van der Waals surface area contributed by atoms with Crippen LogP contribution in [0.15, 0.2) is 29.2 Å². The van der Waals surface area contributed by atoms with Crippen LogP contribution in [0.4, 0.5) is 0 Å². The molecule has 0 aromatic heterocycles.